The number of benzene rings is 2. The Balaban J connectivity index is 2.36. The Labute approximate surface area is 168 Å². The molecule has 2 aromatic carbocycles. The highest BCUT2D eigenvalue weighted by atomic mass is 32.2. The first-order valence-electron chi connectivity index (χ1n) is 9.54. The molecule has 2 aromatic rings. The second-order valence-electron chi connectivity index (χ2n) is 7.63. The summed E-state index contributed by atoms with van der Waals surface area (Å²) < 4.78 is 27.8. The van der Waals surface area contributed by atoms with Crippen molar-refractivity contribution in [3.8, 4) is 0 Å². The van der Waals surface area contributed by atoms with E-state index in [9.17, 15) is 13.2 Å². The van der Waals surface area contributed by atoms with Crippen LogP contribution in [-0.4, -0.2) is 27.4 Å². The SMILES string of the molecule is Cc1ccc(S(=O)(=O)N(CC(=O)NCCC(C)C)c2ccc(C)c(C)c2)cc1. The summed E-state index contributed by atoms with van der Waals surface area (Å²) in [4.78, 5) is 12.6. The maximum atomic E-state index is 13.3. The van der Waals surface area contributed by atoms with Crippen LogP contribution in [0.1, 0.15) is 37.0 Å². The molecule has 0 saturated carbocycles. The van der Waals surface area contributed by atoms with Gasteiger partial charge in [-0.15, -0.1) is 0 Å². The molecule has 2 rings (SSSR count). The molecule has 0 aliphatic rings. The van der Waals surface area contributed by atoms with Crippen LogP contribution in [0.3, 0.4) is 0 Å². The number of nitrogens with one attached hydrogen (secondary N) is 1. The largest absolute Gasteiger partial charge is 0.355 e. The van der Waals surface area contributed by atoms with Crippen LogP contribution in [0.4, 0.5) is 5.69 Å². The molecule has 6 heteroatoms. The third kappa shape index (κ3) is 5.58. The van der Waals surface area contributed by atoms with E-state index in [-0.39, 0.29) is 17.3 Å². The number of nitrogens with zero attached hydrogens (tertiary/aromatic N) is 1. The Morgan fingerprint density at radius 1 is 1.00 bits per heavy atom. The van der Waals surface area contributed by atoms with Crippen molar-refractivity contribution in [2.75, 3.05) is 17.4 Å². The second kappa shape index (κ2) is 9.24. The lowest BCUT2D eigenvalue weighted by Crippen LogP contribution is -2.41. The topological polar surface area (TPSA) is 66.5 Å². The molecule has 1 amide bonds. The molecule has 0 aromatic heterocycles. The number of amides is 1. The lowest BCUT2D eigenvalue weighted by molar-refractivity contribution is -0.119. The van der Waals surface area contributed by atoms with E-state index in [1.54, 1.807) is 30.3 Å². The molecule has 0 saturated heterocycles. The molecule has 152 valence electrons. The first kappa shape index (κ1) is 22.0. The Morgan fingerprint density at radius 2 is 1.64 bits per heavy atom. The predicted molar refractivity (Wildman–Crippen MR) is 114 cm³/mol. The number of anilines is 1. The smallest absolute Gasteiger partial charge is 0.264 e. The highest BCUT2D eigenvalue weighted by Gasteiger charge is 2.27. The molecule has 0 spiro atoms. The van der Waals surface area contributed by atoms with Gasteiger partial charge in [0, 0.05) is 6.54 Å². The van der Waals surface area contributed by atoms with E-state index in [1.165, 1.54) is 4.31 Å². The summed E-state index contributed by atoms with van der Waals surface area (Å²) in [6.45, 7) is 10.2. The number of carbonyl (C=O) groups is 1. The van der Waals surface area contributed by atoms with Gasteiger partial charge in [0.15, 0.2) is 0 Å². The van der Waals surface area contributed by atoms with E-state index in [4.69, 9.17) is 0 Å². The Bertz CT molecular complexity index is 919. The van der Waals surface area contributed by atoms with Crippen molar-refractivity contribution in [1.29, 1.82) is 0 Å². The van der Waals surface area contributed by atoms with Gasteiger partial charge in [-0.2, -0.15) is 0 Å². The number of carbonyl (C=O) groups excluding carboxylic acids is 1. The molecule has 0 aliphatic heterocycles. The zero-order valence-corrected chi connectivity index (χ0v) is 18.1. The van der Waals surface area contributed by atoms with E-state index < -0.39 is 10.0 Å². The summed E-state index contributed by atoms with van der Waals surface area (Å²) in [5.74, 6) is 0.155. The number of aryl methyl sites for hydroxylation is 3. The van der Waals surface area contributed by atoms with Crippen molar-refractivity contribution in [3.05, 3.63) is 59.2 Å². The molecule has 0 aliphatic carbocycles. The van der Waals surface area contributed by atoms with Gasteiger partial charge >= 0.3 is 0 Å². The normalized spacial score (nSPS) is 11.5. The Morgan fingerprint density at radius 3 is 2.21 bits per heavy atom. The third-order valence-corrected chi connectivity index (χ3v) is 6.51. The van der Waals surface area contributed by atoms with Gasteiger partial charge in [0.1, 0.15) is 6.54 Å². The Kier molecular flexibility index (Phi) is 7.24. The summed E-state index contributed by atoms with van der Waals surface area (Å²) in [6, 6.07) is 12.1. The van der Waals surface area contributed by atoms with Crippen molar-refractivity contribution in [2.45, 2.75) is 45.9 Å². The molecule has 0 atom stereocenters. The zero-order valence-electron chi connectivity index (χ0n) is 17.3. The molecule has 0 unspecified atom stereocenters. The van der Waals surface area contributed by atoms with Gasteiger partial charge in [-0.25, -0.2) is 8.42 Å². The third-order valence-electron chi connectivity index (χ3n) is 4.72. The minimum absolute atomic E-state index is 0.173. The maximum Gasteiger partial charge on any atom is 0.264 e. The average Bonchev–Trinajstić information content (AvgIpc) is 2.62. The highest BCUT2D eigenvalue weighted by molar-refractivity contribution is 7.92. The lowest BCUT2D eigenvalue weighted by Gasteiger charge is -2.25. The molecule has 0 heterocycles. The van der Waals surface area contributed by atoms with Crippen molar-refractivity contribution >= 4 is 21.6 Å². The van der Waals surface area contributed by atoms with E-state index >= 15 is 0 Å². The molecule has 5 nitrogen and oxygen atoms in total. The number of hydrogen-bond acceptors (Lipinski definition) is 3. The van der Waals surface area contributed by atoms with Crippen molar-refractivity contribution in [1.82, 2.24) is 5.32 Å². The summed E-state index contributed by atoms with van der Waals surface area (Å²) >= 11 is 0. The van der Waals surface area contributed by atoms with E-state index in [0.717, 1.165) is 23.1 Å². The van der Waals surface area contributed by atoms with Gasteiger partial charge in [-0.3, -0.25) is 9.10 Å². The lowest BCUT2D eigenvalue weighted by atomic mass is 10.1. The van der Waals surface area contributed by atoms with Gasteiger partial charge < -0.3 is 5.32 Å². The molecule has 28 heavy (non-hydrogen) atoms. The van der Waals surface area contributed by atoms with Crippen LogP contribution in [0.5, 0.6) is 0 Å². The number of hydrogen-bond donors (Lipinski definition) is 1. The van der Waals surface area contributed by atoms with Crippen LogP contribution in [0, 0.1) is 26.7 Å². The first-order chi connectivity index (χ1) is 13.1. The summed E-state index contributed by atoms with van der Waals surface area (Å²) in [5, 5.41) is 2.83. The van der Waals surface area contributed by atoms with E-state index in [2.05, 4.69) is 19.2 Å². The fourth-order valence-corrected chi connectivity index (χ4v) is 4.13. The monoisotopic (exact) mass is 402 g/mol. The summed E-state index contributed by atoms with van der Waals surface area (Å²) in [6.07, 6.45) is 0.847. The summed E-state index contributed by atoms with van der Waals surface area (Å²) in [5.41, 5.74) is 3.51. The molecule has 0 fully saturated rings. The minimum Gasteiger partial charge on any atom is -0.355 e. The van der Waals surface area contributed by atoms with Crippen molar-refractivity contribution in [3.63, 3.8) is 0 Å². The predicted octanol–water partition coefficient (Wildman–Crippen LogP) is 3.97. The van der Waals surface area contributed by atoms with Gasteiger partial charge in [0.25, 0.3) is 10.0 Å². The van der Waals surface area contributed by atoms with E-state index in [0.29, 0.717) is 18.2 Å². The van der Waals surface area contributed by atoms with Crippen LogP contribution in [0.25, 0.3) is 0 Å². The molecule has 1 N–H and O–H groups in total. The van der Waals surface area contributed by atoms with Crippen LogP contribution in [0.15, 0.2) is 47.4 Å². The molecule has 0 bridgehead atoms. The van der Waals surface area contributed by atoms with Crippen LogP contribution in [-0.2, 0) is 14.8 Å². The van der Waals surface area contributed by atoms with Gasteiger partial charge in [0.2, 0.25) is 5.91 Å². The average molecular weight is 403 g/mol. The number of sulfonamides is 1. The standard InChI is InChI=1S/C22H30N2O3S/c1-16(2)12-13-23-22(25)15-24(20-9-8-18(4)19(5)14-20)28(26,27)21-10-6-17(3)7-11-21/h6-11,14,16H,12-13,15H2,1-5H3,(H,23,25). The number of rotatable bonds is 8. The molecular formula is C22H30N2O3S. The van der Waals surface area contributed by atoms with Gasteiger partial charge in [-0.1, -0.05) is 37.6 Å². The second-order valence-corrected chi connectivity index (χ2v) is 9.49. The van der Waals surface area contributed by atoms with Crippen molar-refractivity contribution < 1.29 is 13.2 Å². The highest BCUT2D eigenvalue weighted by Crippen LogP contribution is 2.26. The fourth-order valence-electron chi connectivity index (χ4n) is 2.72. The minimum atomic E-state index is -3.86. The summed E-state index contributed by atoms with van der Waals surface area (Å²) in [7, 11) is -3.86. The fraction of sp³-hybridized carbons (Fsp3) is 0.409. The van der Waals surface area contributed by atoms with Gasteiger partial charge in [-0.05, 0) is 68.5 Å². The van der Waals surface area contributed by atoms with Crippen molar-refractivity contribution in [2.24, 2.45) is 5.92 Å². The van der Waals surface area contributed by atoms with Crippen LogP contribution in [0.2, 0.25) is 0 Å². The molecular weight excluding hydrogens is 372 g/mol. The Hall–Kier alpha value is -2.34. The van der Waals surface area contributed by atoms with Gasteiger partial charge in [0.05, 0.1) is 10.6 Å². The van der Waals surface area contributed by atoms with Crippen LogP contribution >= 0.6 is 0 Å². The van der Waals surface area contributed by atoms with E-state index in [1.807, 2.05) is 32.9 Å². The zero-order chi connectivity index (χ0) is 20.9. The maximum absolute atomic E-state index is 13.3. The quantitative estimate of drug-likeness (QED) is 0.726. The first-order valence-corrected chi connectivity index (χ1v) is 11.0. The van der Waals surface area contributed by atoms with Crippen LogP contribution < -0.4 is 9.62 Å². The molecule has 0 radical (unpaired) electrons.